The summed E-state index contributed by atoms with van der Waals surface area (Å²) in [4.78, 5) is 15.4. The number of aromatic nitrogens is 1. The van der Waals surface area contributed by atoms with Crippen molar-refractivity contribution in [2.75, 3.05) is 5.32 Å². The second-order valence-corrected chi connectivity index (χ2v) is 5.41. The van der Waals surface area contributed by atoms with E-state index in [9.17, 15) is 10.1 Å². The summed E-state index contributed by atoms with van der Waals surface area (Å²) < 4.78 is 0.463. The molecule has 2 aromatic rings. The maximum Gasteiger partial charge on any atom is 0.292 e. The highest BCUT2D eigenvalue weighted by atomic mass is 35.5. The minimum Gasteiger partial charge on any atom is -0.375 e. The monoisotopic (exact) mass is 283 g/mol. The van der Waals surface area contributed by atoms with E-state index in [4.69, 9.17) is 11.6 Å². The molecule has 1 N–H and O–H groups in total. The van der Waals surface area contributed by atoms with Gasteiger partial charge in [-0.05, 0) is 18.6 Å². The first kappa shape index (κ1) is 12.8. The topological polar surface area (TPSA) is 68.1 Å². The van der Waals surface area contributed by atoms with Crippen molar-refractivity contribution in [2.24, 2.45) is 0 Å². The maximum atomic E-state index is 10.9. The van der Waals surface area contributed by atoms with E-state index < -0.39 is 4.92 Å². The van der Waals surface area contributed by atoms with Crippen molar-refractivity contribution in [1.29, 1.82) is 0 Å². The lowest BCUT2D eigenvalue weighted by Gasteiger charge is -2.06. The van der Waals surface area contributed by atoms with Crippen LogP contribution in [0.15, 0.2) is 24.4 Å². The van der Waals surface area contributed by atoms with Crippen LogP contribution in [0.5, 0.6) is 0 Å². The molecule has 0 aliphatic heterocycles. The molecule has 0 bridgehead atoms. The van der Waals surface area contributed by atoms with E-state index in [2.05, 4.69) is 10.3 Å². The summed E-state index contributed by atoms with van der Waals surface area (Å²) in [5, 5.41) is 13.9. The van der Waals surface area contributed by atoms with Gasteiger partial charge in [0.25, 0.3) is 5.69 Å². The van der Waals surface area contributed by atoms with E-state index >= 15 is 0 Å². The Labute approximate surface area is 113 Å². The summed E-state index contributed by atoms with van der Waals surface area (Å²) in [5.41, 5.74) is 1.42. The van der Waals surface area contributed by atoms with Crippen LogP contribution in [-0.2, 0) is 6.54 Å². The molecule has 7 heteroatoms. The molecule has 0 saturated heterocycles. The van der Waals surface area contributed by atoms with Crippen LogP contribution in [0.2, 0.25) is 4.47 Å². The number of nitrogens with one attached hydrogen (secondary N) is 1. The summed E-state index contributed by atoms with van der Waals surface area (Å²) in [7, 11) is 0. The third-order valence-electron chi connectivity index (χ3n) is 2.33. The fraction of sp³-hybridized carbons (Fsp3) is 0.182. The number of nitro benzene ring substituents is 1. The van der Waals surface area contributed by atoms with Crippen molar-refractivity contribution >= 4 is 34.3 Å². The highest BCUT2D eigenvalue weighted by molar-refractivity contribution is 7.15. The molecular formula is C11H10ClN3O2S. The van der Waals surface area contributed by atoms with Gasteiger partial charge in [0.05, 0.1) is 11.5 Å². The third kappa shape index (κ3) is 2.96. The molecule has 0 amide bonds. The van der Waals surface area contributed by atoms with Gasteiger partial charge in [-0.25, -0.2) is 4.98 Å². The van der Waals surface area contributed by atoms with Gasteiger partial charge in [0, 0.05) is 17.1 Å². The predicted molar refractivity (Wildman–Crippen MR) is 72.3 cm³/mol. The lowest BCUT2D eigenvalue weighted by molar-refractivity contribution is -0.384. The number of rotatable bonds is 4. The second kappa shape index (κ2) is 5.32. The van der Waals surface area contributed by atoms with E-state index in [1.807, 2.05) is 13.0 Å². The minimum atomic E-state index is -0.394. The average molecular weight is 284 g/mol. The smallest absolute Gasteiger partial charge is 0.292 e. The molecule has 5 nitrogen and oxygen atoms in total. The van der Waals surface area contributed by atoms with Crippen LogP contribution in [0.3, 0.4) is 0 Å². The maximum absolute atomic E-state index is 10.9. The zero-order chi connectivity index (χ0) is 13.1. The molecule has 0 aliphatic rings. The summed E-state index contributed by atoms with van der Waals surface area (Å²) in [5.74, 6) is 0. The van der Waals surface area contributed by atoms with Crippen LogP contribution in [0.1, 0.15) is 10.4 Å². The lowest BCUT2D eigenvalue weighted by Crippen LogP contribution is -2.01. The molecule has 1 aromatic carbocycles. The summed E-state index contributed by atoms with van der Waals surface area (Å²) in [6.45, 7) is 2.29. The molecule has 0 aliphatic carbocycles. The average Bonchev–Trinajstić information content (AvgIpc) is 2.73. The van der Waals surface area contributed by atoms with Crippen LogP contribution in [-0.4, -0.2) is 9.91 Å². The third-order valence-corrected chi connectivity index (χ3v) is 3.44. The summed E-state index contributed by atoms with van der Waals surface area (Å²) >= 11 is 7.06. The normalized spacial score (nSPS) is 10.3. The van der Waals surface area contributed by atoms with E-state index in [-0.39, 0.29) is 5.69 Å². The van der Waals surface area contributed by atoms with Crippen molar-refractivity contribution in [2.45, 2.75) is 13.5 Å². The van der Waals surface area contributed by atoms with Gasteiger partial charge in [0.1, 0.15) is 5.69 Å². The number of anilines is 1. The Morgan fingerprint density at radius 2 is 2.33 bits per heavy atom. The largest absolute Gasteiger partial charge is 0.375 e. The van der Waals surface area contributed by atoms with Gasteiger partial charge >= 0.3 is 0 Å². The number of aryl methyl sites for hydroxylation is 1. The van der Waals surface area contributed by atoms with Gasteiger partial charge in [-0.15, -0.1) is 11.3 Å². The molecular weight excluding hydrogens is 274 g/mol. The molecule has 0 radical (unpaired) electrons. The van der Waals surface area contributed by atoms with Gasteiger partial charge < -0.3 is 5.32 Å². The van der Waals surface area contributed by atoms with E-state index in [0.717, 1.165) is 10.4 Å². The second-order valence-electron chi connectivity index (χ2n) is 3.71. The van der Waals surface area contributed by atoms with Gasteiger partial charge in [0.2, 0.25) is 0 Å². The molecule has 1 aromatic heterocycles. The molecule has 0 saturated carbocycles. The molecule has 0 spiro atoms. The molecule has 0 atom stereocenters. The molecule has 0 unspecified atom stereocenters. The number of hydrogen-bond donors (Lipinski definition) is 1. The Morgan fingerprint density at radius 3 is 2.94 bits per heavy atom. The zero-order valence-electron chi connectivity index (χ0n) is 9.51. The van der Waals surface area contributed by atoms with Crippen LogP contribution in [0, 0.1) is 17.0 Å². The minimum absolute atomic E-state index is 0.0746. The van der Waals surface area contributed by atoms with Gasteiger partial charge in [-0.3, -0.25) is 10.1 Å². The Morgan fingerprint density at radius 1 is 1.56 bits per heavy atom. The molecule has 1 heterocycles. The van der Waals surface area contributed by atoms with Gasteiger partial charge in [0.15, 0.2) is 4.47 Å². The van der Waals surface area contributed by atoms with Crippen LogP contribution in [0.25, 0.3) is 0 Å². The number of halogens is 1. The van der Waals surface area contributed by atoms with Crippen molar-refractivity contribution in [1.82, 2.24) is 4.98 Å². The lowest BCUT2D eigenvalue weighted by atomic mass is 10.2. The summed E-state index contributed by atoms with van der Waals surface area (Å²) in [6, 6.07) is 5.08. The number of thiazole rings is 1. The van der Waals surface area contributed by atoms with Crippen LogP contribution >= 0.6 is 22.9 Å². The fourth-order valence-corrected chi connectivity index (χ4v) is 2.41. The van der Waals surface area contributed by atoms with Crippen molar-refractivity contribution in [3.63, 3.8) is 0 Å². The van der Waals surface area contributed by atoms with Gasteiger partial charge in [-0.2, -0.15) is 0 Å². The van der Waals surface area contributed by atoms with Crippen molar-refractivity contribution in [3.05, 3.63) is 49.4 Å². The Bertz CT molecular complexity index is 585. The number of benzene rings is 1. The van der Waals surface area contributed by atoms with E-state index in [1.54, 1.807) is 18.3 Å². The zero-order valence-corrected chi connectivity index (χ0v) is 11.1. The number of hydrogen-bond acceptors (Lipinski definition) is 5. The quantitative estimate of drug-likeness (QED) is 0.687. The molecule has 2 rings (SSSR count). The Balaban J connectivity index is 2.16. The first-order valence-electron chi connectivity index (χ1n) is 5.15. The van der Waals surface area contributed by atoms with Crippen molar-refractivity contribution < 1.29 is 4.92 Å². The van der Waals surface area contributed by atoms with E-state index in [1.165, 1.54) is 11.3 Å². The van der Waals surface area contributed by atoms with Crippen molar-refractivity contribution in [3.8, 4) is 0 Å². The molecule has 18 heavy (non-hydrogen) atoms. The van der Waals surface area contributed by atoms with E-state index in [0.29, 0.717) is 16.7 Å². The molecule has 0 fully saturated rings. The SMILES string of the molecule is Cc1ccc(NCc2cnc(Cl)s2)c([N+](=O)[O-])c1. The number of nitrogens with zero attached hydrogens (tertiary/aromatic N) is 2. The highest BCUT2D eigenvalue weighted by Crippen LogP contribution is 2.26. The number of nitro groups is 1. The fourth-order valence-electron chi connectivity index (χ4n) is 1.49. The van der Waals surface area contributed by atoms with Crippen LogP contribution < -0.4 is 5.32 Å². The first-order valence-corrected chi connectivity index (χ1v) is 6.35. The highest BCUT2D eigenvalue weighted by Gasteiger charge is 2.13. The summed E-state index contributed by atoms with van der Waals surface area (Å²) in [6.07, 6.45) is 1.65. The molecule has 94 valence electrons. The van der Waals surface area contributed by atoms with Crippen LogP contribution in [0.4, 0.5) is 11.4 Å². The predicted octanol–water partition coefficient (Wildman–Crippen LogP) is 3.63. The first-order chi connectivity index (χ1) is 8.56. The Hall–Kier alpha value is -1.66. The Kier molecular flexibility index (Phi) is 3.78. The standard InChI is InChI=1S/C11H10ClN3O2S/c1-7-2-3-9(10(4-7)15(16)17)13-5-8-6-14-11(12)18-8/h2-4,6,13H,5H2,1H3. The van der Waals surface area contributed by atoms with Gasteiger partial charge in [-0.1, -0.05) is 17.7 Å².